The van der Waals surface area contributed by atoms with Crippen LogP contribution in [0.2, 0.25) is 0 Å². The predicted molar refractivity (Wildman–Crippen MR) is 133 cm³/mol. The molecular formula is C26H30N2O9. The van der Waals surface area contributed by atoms with Gasteiger partial charge in [-0.3, -0.25) is 4.79 Å². The Kier molecular flexibility index (Phi) is 8.31. The molecule has 198 valence electrons. The zero-order chi connectivity index (χ0) is 26.5. The molecule has 0 spiro atoms. The molecule has 11 heteroatoms. The largest absolute Gasteiger partial charge is 0.504 e. The van der Waals surface area contributed by atoms with Crippen molar-refractivity contribution >= 4 is 22.9 Å². The number of nitrogens with one attached hydrogen (secondary N) is 2. The Morgan fingerprint density at radius 1 is 1.14 bits per heavy atom. The number of aliphatic hydroxyl groups is 4. The summed E-state index contributed by atoms with van der Waals surface area (Å²) in [5, 5.41) is 52.8. The number of carbonyl (C=O) groups is 1. The molecule has 4 rings (SSSR count). The molecule has 1 aliphatic rings. The van der Waals surface area contributed by atoms with E-state index in [1.807, 2.05) is 6.20 Å². The van der Waals surface area contributed by atoms with E-state index in [-0.39, 0.29) is 11.7 Å². The molecular weight excluding hydrogens is 484 g/mol. The number of aliphatic hydroxyl groups excluding tert-OH is 4. The van der Waals surface area contributed by atoms with Crippen LogP contribution < -0.4 is 14.8 Å². The number of carbonyl (C=O) groups excluding carboxylic acids is 1. The second-order valence-corrected chi connectivity index (χ2v) is 8.64. The standard InChI is InChI=1S/C26H30N2O9/c1-35-20-10-14(2-6-19(20)30)3-7-22(31)27-9-8-15-12-28-18-5-4-16(11-17(15)18)36-26-25(34)24(33)23(32)21(13-29)37-26/h2-7,10-12,21,23-26,28-30,32-34H,8-9,13H2,1H3,(H,27,31)/b7-3-/t21-,23-,24+,25-,26-/m1/s1. The third-order valence-corrected chi connectivity index (χ3v) is 6.16. The van der Waals surface area contributed by atoms with E-state index in [2.05, 4.69) is 10.3 Å². The first kappa shape index (κ1) is 26.5. The molecule has 0 unspecified atom stereocenters. The molecule has 0 bridgehead atoms. The topological polar surface area (TPSA) is 174 Å². The van der Waals surface area contributed by atoms with Crippen LogP contribution in [0, 0.1) is 0 Å². The van der Waals surface area contributed by atoms with Gasteiger partial charge in [-0.15, -0.1) is 0 Å². The van der Waals surface area contributed by atoms with E-state index in [4.69, 9.17) is 14.2 Å². The highest BCUT2D eigenvalue weighted by atomic mass is 16.7. The molecule has 3 aromatic rings. The number of methoxy groups -OCH3 is 1. The number of benzene rings is 2. The molecule has 0 aliphatic carbocycles. The molecule has 11 nitrogen and oxygen atoms in total. The zero-order valence-corrected chi connectivity index (χ0v) is 20.1. The minimum absolute atomic E-state index is 0.0181. The summed E-state index contributed by atoms with van der Waals surface area (Å²) < 4.78 is 16.2. The van der Waals surface area contributed by atoms with Crippen molar-refractivity contribution in [3.8, 4) is 17.2 Å². The summed E-state index contributed by atoms with van der Waals surface area (Å²) in [4.78, 5) is 15.4. The van der Waals surface area contributed by atoms with Crippen molar-refractivity contribution in [1.29, 1.82) is 0 Å². The smallest absolute Gasteiger partial charge is 0.244 e. The number of hydrogen-bond donors (Lipinski definition) is 7. The molecule has 1 saturated heterocycles. The maximum atomic E-state index is 12.2. The number of fused-ring (bicyclic) bond motifs is 1. The van der Waals surface area contributed by atoms with Crippen molar-refractivity contribution < 1.29 is 44.5 Å². The Labute approximate surface area is 212 Å². The third kappa shape index (κ3) is 6.04. The van der Waals surface area contributed by atoms with Gasteiger partial charge in [0.05, 0.1) is 13.7 Å². The van der Waals surface area contributed by atoms with E-state index in [1.54, 1.807) is 36.4 Å². The Balaban J connectivity index is 1.36. The van der Waals surface area contributed by atoms with Crippen LogP contribution in [0.1, 0.15) is 11.1 Å². The molecule has 7 N–H and O–H groups in total. The fourth-order valence-electron chi connectivity index (χ4n) is 4.09. The SMILES string of the molecule is COc1cc(/C=C\C(=O)NCCc2c[nH]c3ccc(O[C@@H]4O[C@H](CO)[C@@H](O)[C@H](O)[C@H]4O)cc23)ccc1O. The van der Waals surface area contributed by atoms with Gasteiger partial charge in [0.1, 0.15) is 30.2 Å². The highest BCUT2D eigenvalue weighted by Crippen LogP contribution is 2.29. The minimum atomic E-state index is -1.53. The van der Waals surface area contributed by atoms with Gasteiger partial charge in [0.25, 0.3) is 0 Å². The number of rotatable bonds is 9. The van der Waals surface area contributed by atoms with Crippen LogP contribution in [0.4, 0.5) is 0 Å². The second kappa shape index (κ2) is 11.6. The van der Waals surface area contributed by atoms with Gasteiger partial charge in [-0.05, 0) is 54.0 Å². The van der Waals surface area contributed by atoms with Crippen molar-refractivity contribution in [3.05, 3.63) is 59.8 Å². The summed E-state index contributed by atoms with van der Waals surface area (Å²) in [7, 11) is 1.45. The van der Waals surface area contributed by atoms with Crippen molar-refractivity contribution in [2.75, 3.05) is 20.3 Å². The fourth-order valence-corrected chi connectivity index (χ4v) is 4.09. The third-order valence-electron chi connectivity index (χ3n) is 6.16. The van der Waals surface area contributed by atoms with Gasteiger partial charge in [-0.25, -0.2) is 0 Å². The number of H-pyrrole nitrogens is 1. The van der Waals surface area contributed by atoms with Crippen LogP contribution in [0.25, 0.3) is 17.0 Å². The van der Waals surface area contributed by atoms with Crippen LogP contribution in [-0.2, 0) is 16.0 Å². The number of ether oxygens (including phenoxy) is 3. The summed E-state index contributed by atoms with van der Waals surface area (Å²) in [5.41, 5.74) is 2.46. The first-order chi connectivity index (χ1) is 17.8. The molecule has 5 atom stereocenters. The van der Waals surface area contributed by atoms with Crippen molar-refractivity contribution in [2.45, 2.75) is 37.1 Å². The van der Waals surface area contributed by atoms with Gasteiger partial charge in [-0.2, -0.15) is 0 Å². The Hall–Kier alpha value is -3.61. The van der Waals surface area contributed by atoms with E-state index < -0.39 is 37.3 Å². The number of aromatic nitrogens is 1. The molecule has 0 saturated carbocycles. The van der Waals surface area contributed by atoms with Gasteiger partial charge in [0.2, 0.25) is 12.2 Å². The maximum absolute atomic E-state index is 12.2. The lowest BCUT2D eigenvalue weighted by Crippen LogP contribution is -2.60. The van der Waals surface area contributed by atoms with Crippen LogP contribution in [0.3, 0.4) is 0 Å². The number of phenols is 1. The first-order valence-corrected chi connectivity index (χ1v) is 11.7. The van der Waals surface area contributed by atoms with Gasteiger partial charge in [-0.1, -0.05) is 6.07 Å². The van der Waals surface area contributed by atoms with Crippen molar-refractivity contribution in [3.63, 3.8) is 0 Å². The van der Waals surface area contributed by atoms with Crippen molar-refractivity contribution in [2.24, 2.45) is 0 Å². The molecule has 0 radical (unpaired) electrons. The summed E-state index contributed by atoms with van der Waals surface area (Å²) in [6, 6.07) is 9.96. The molecule has 2 aromatic carbocycles. The molecule has 1 amide bonds. The van der Waals surface area contributed by atoms with E-state index in [9.17, 15) is 30.3 Å². The molecule has 1 aromatic heterocycles. The number of phenolic OH excluding ortho intramolecular Hbond substituents is 1. The summed E-state index contributed by atoms with van der Waals surface area (Å²) in [6.45, 7) is -0.178. The lowest BCUT2D eigenvalue weighted by Gasteiger charge is -2.39. The number of hydrogen-bond acceptors (Lipinski definition) is 9. The number of amides is 1. The normalized spacial score (nSPS) is 23.9. The maximum Gasteiger partial charge on any atom is 0.244 e. The summed E-state index contributed by atoms with van der Waals surface area (Å²) in [5.74, 6) is 0.411. The van der Waals surface area contributed by atoms with Gasteiger partial charge < -0.3 is 50.0 Å². The summed E-state index contributed by atoms with van der Waals surface area (Å²) >= 11 is 0. The predicted octanol–water partition coefficient (Wildman–Crippen LogP) is 0.433. The van der Waals surface area contributed by atoms with Gasteiger partial charge in [0, 0.05) is 29.7 Å². The minimum Gasteiger partial charge on any atom is -0.504 e. The molecule has 2 heterocycles. The van der Waals surface area contributed by atoms with Crippen LogP contribution in [-0.4, -0.2) is 87.4 Å². The molecule has 1 fully saturated rings. The van der Waals surface area contributed by atoms with Crippen LogP contribution in [0.5, 0.6) is 17.2 Å². The average Bonchev–Trinajstić information content (AvgIpc) is 3.30. The van der Waals surface area contributed by atoms with E-state index in [1.165, 1.54) is 19.3 Å². The van der Waals surface area contributed by atoms with Crippen LogP contribution in [0.15, 0.2) is 48.7 Å². The highest BCUT2D eigenvalue weighted by Gasteiger charge is 2.44. The average molecular weight is 515 g/mol. The van der Waals surface area contributed by atoms with E-state index in [0.717, 1.165) is 16.5 Å². The monoisotopic (exact) mass is 514 g/mol. The Morgan fingerprint density at radius 2 is 1.95 bits per heavy atom. The lowest BCUT2D eigenvalue weighted by atomic mass is 9.99. The van der Waals surface area contributed by atoms with Crippen LogP contribution >= 0.6 is 0 Å². The van der Waals surface area contributed by atoms with Gasteiger partial charge in [0.15, 0.2) is 11.5 Å². The van der Waals surface area contributed by atoms with E-state index >= 15 is 0 Å². The Bertz CT molecular complexity index is 1260. The molecule has 1 aliphatic heterocycles. The highest BCUT2D eigenvalue weighted by molar-refractivity contribution is 5.92. The van der Waals surface area contributed by atoms with Gasteiger partial charge >= 0.3 is 0 Å². The van der Waals surface area contributed by atoms with E-state index in [0.29, 0.717) is 30.0 Å². The second-order valence-electron chi connectivity index (χ2n) is 8.64. The first-order valence-electron chi connectivity index (χ1n) is 11.7. The van der Waals surface area contributed by atoms with Crippen molar-refractivity contribution in [1.82, 2.24) is 10.3 Å². The zero-order valence-electron chi connectivity index (χ0n) is 20.1. The fraction of sp³-hybridized carbons (Fsp3) is 0.346. The number of aromatic hydroxyl groups is 1. The Morgan fingerprint density at radius 3 is 2.70 bits per heavy atom. The number of aromatic amines is 1. The lowest BCUT2D eigenvalue weighted by molar-refractivity contribution is -0.277. The molecule has 37 heavy (non-hydrogen) atoms. The summed E-state index contributed by atoms with van der Waals surface area (Å²) in [6.07, 6.45) is -1.49. The quantitative estimate of drug-likeness (QED) is 0.200.